The molecular weight excluding hydrogens is 352 g/mol. The van der Waals surface area contributed by atoms with Crippen molar-refractivity contribution >= 4 is 16.8 Å². The lowest BCUT2D eigenvalue weighted by atomic mass is 10.1. The maximum absolute atomic E-state index is 12.6. The SMILES string of the molecule is O=C(NCCn1ccnc1C1CC1)c1ccc2noc(-c3ccccc3)c2c1. The van der Waals surface area contributed by atoms with E-state index in [1.807, 2.05) is 54.9 Å². The number of amides is 1. The van der Waals surface area contributed by atoms with Gasteiger partial charge in [-0.15, -0.1) is 0 Å². The van der Waals surface area contributed by atoms with Crippen LogP contribution in [0.1, 0.15) is 34.9 Å². The second-order valence-corrected chi connectivity index (χ2v) is 7.12. The second-order valence-electron chi connectivity index (χ2n) is 7.12. The molecule has 1 N–H and O–H groups in total. The number of benzene rings is 2. The molecule has 0 aliphatic heterocycles. The molecule has 1 amide bonds. The van der Waals surface area contributed by atoms with Gasteiger partial charge in [0.15, 0.2) is 5.76 Å². The molecule has 6 nitrogen and oxygen atoms in total. The van der Waals surface area contributed by atoms with Gasteiger partial charge >= 0.3 is 0 Å². The molecule has 28 heavy (non-hydrogen) atoms. The third-order valence-corrected chi connectivity index (χ3v) is 5.10. The third-order valence-electron chi connectivity index (χ3n) is 5.10. The highest BCUT2D eigenvalue weighted by Crippen LogP contribution is 2.38. The highest BCUT2D eigenvalue weighted by atomic mass is 16.5. The molecule has 1 aliphatic rings. The average molecular weight is 372 g/mol. The van der Waals surface area contributed by atoms with Crippen molar-refractivity contribution in [2.45, 2.75) is 25.3 Å². The van der Waals surface area contributed by atoms with Crippen molar-refractivity contribution in [2.75, 3.05) is 6.54 Å². The van der Waals surface area contributed by atoms with Gasteiger partial charge in [0.25, 0.3) is 5.91 Å². The highest BCUT2D eigenvalue weighted by molar-refractivity contribution is 6.00. The molecule has 1 fully saturated rings. The van der Waals surface area contributed by atoms with E-state index in [0.717, 1.165) is 28.8 Å². The molecule has 2 aromatic carbocycles. The van der Waals surface area contributed by atoms with Gasteiger partial charge in [0.2, 0.25) is 0 Å². The summed E-state index contributed by atoms with van der Waals surface area (Å²) >= 11 is 0. The van der Waals surface area contributed by atoms with Crippen LogP contribution in [-0.2, 0) is 6.54 Å². The molecule has 0 saturated heterocycles. The van der Waals surface area contributed by atoms with Crippen molar-refractivity contribution in [3.8, 4) is 11.3 Å². The summed E-state index contributed by atoms with van der Waals surface area (Å²) in [5, 5.41) is 7.95. The Morgan fingerprint density at radius 3 is 2.86 bits per heavy atom. The highest BCUT2D eigenvalue weighted by Gasteiger charge is 2.27. The number of nitrogens with one attached hydrogen (secondary N) is 1. The molecule has 1 saturated carbocycles. The van der Waals surface area contributed by atoms with Gasteiger partial charge in [-0.05, 0) is 31.0 Å². The minimum absolute atomic E-state index is 0.102. The Balaban J connectivity index is 1.31. The zero-order chi connectivity index (χ0) is 18.9. The van der Waals surface area contributed by atoms with Crippen LogP contribution in [0.15, 0.2) is 65.4 Å². The van der Waals surface area contributed by atoms with Gasteiger partial charge in [-0.2, -0.15) is 0 Å². The Morgan fingerprint density at radius 1 is 1.18 bits per heavy atom. The molecule has 2 aromatic heterocycles. The van der Waals surface area contributed by atoms with E-state index in [4.69, 9.17) is 4.52 Å². The summed E-state index contributed by atoms with van der Waals surface area (Å²) in [5.74, 6) is 2.30. The second kappa shape index (κ2) is 6.96. The summed E-state index contributed by atoms with van der Waals surface area (Å²) in [6.07, 6.45) is 6.24. The molecular formula is C22H20N4O2. The fraction of sp³-hybridized carbons (Fsp3) is 0.227. The van der Waals surface area contributed by atoms with Crippen LogP contribution in [0, 0.1) is 0 Å². The monoisotopic (exact) mass is 372 g/mol. The first-order chi connectivity index (χ1) is 13.8. The first-order valence-electron chi connectivity index (χ1n) is 9.54. The van der Waals surface area contributed by atoms with Crippen molar-refractivity contribution in [3.05, 3.63) is 72.3 Å². The number of rotatable bonds is 6. The summed E-state index contributed by atoms with van der Waals surface area (Å²) in [6, 6.07) is 15.2. The number of hydrogen-bond donors (Lipinski definition) is 1. The van der Waals surface area contributed by atoms with Crippen molar-refractivity contribution in [2.24, 2.45) is 0 Å². The maximum atomic E-state index is 12.6. The molecule has 1 aliphatic carbocycles. The normalized spacial score (nSPS) is 13.7. The van der Waals surface area contributed by atoms with Gasteiger partial charge in [-0.1, -0.05) is 35.5 Å². The third kappa shape index (κ3) is 3.17. The first kappa shape index (κ1) is 16.7. The molecule has 0 radical (unpaired) electrons. The number of aromatic nitrogens is 3. The van der Waals surface area contributed by atoms with Crippen LogP contribution in [0.3, 0.4) is 0 Å². The molecule has 4 aromatic rings. The predicted octanol–water partition coefficient (Wildman–Crippen LogP) is 4.00. The Labute approximate surface area is 162 Å². The van der Waals surface area contributed by atoms with E-state index in [1.165, 1.54) is 12.8 Å². The van der Waals surface area contributed by atoms with Crippen LogP contribution in [-0.4, -0.2) is 27.2 Å². The van der Waals surface area contributed by atoms with Gasteiger partial charge in [0.05, 0.1) is 5.39 Å². The summed E-state index contributed by atoms with van der Waals surface area (Å²) in [7, 11) is 0. The molecule has 0 bridgehead atoms. The Morgan fingerprint density at radius 2 is 2.04 bits per heavy atom. The predicted molar refractivity (Wildman–Crippen MR) is 106 cm³/mol. The lowest BCUT2D eigenvalue weighted by Crippen LogP contribution is -2.27. The Bertz CT molecular complexity index is 1130. The number of nitrogens with zero attached hydrogens (tertiary/aromatic N) is 3. The van der Waals surface area contributed by atoms with E-state index >= 15 is 0 Å². The van der Waals surface area contributed by atoms with Crippen LogP contribution < -0.4 is 5.32 Å². The minimum Gasteiger partial charge on any atom is -0.355 e. The summed E-state index contributed by atoms with van der Waals surface area (Å²) in [4.78, 5) is 17.1. The van der Waals surface area contributed by atoms with E-state index in [9.17, 15) is 4.79 Å². The number of carbonyl (C=O) groups is 1. The lowest BCUT2D eigenvalue weighted by Gasteiger charge is -2.09. The molecule has 0 spiro atoms. The summed E-state index contributed by atoms with van der Waals surface area (Å²) < 4.78 is 7.65. The Hall–Kier alpha value is -3.41. The zero-order valence-electron chi connectivity index (χ0n) is 15.3. The van der Waals surface area contributed by atoms with Gasteiger partial charge in [0, 0.05) is 42.5 Å². The van der Waals surface area contributed by atoms with Crippen LogP contribution in [0.5, 0.6) is 0 Å². The van der Waals surface area contributed by atoms with Crippen LogP contribution in [0.4, 0.5) is 0 Å². The van der Waals surface area contributed by atoms with Gasteiger partial charge in [-0.25, -0.2) is 4.98 Å². The van der Waals surface area contributed by atoms with Crippen molar-refractivity contribution in [1.29, 1.82) is 0 Å². The van der Waals surface area contributed by atoms with Crippen LogP contribution in [0.2, 0.25) is 0 Å². The quantitative estimate of drug-likeness (QED) is 0.555. The zero-order valence-corrected chi connectivity index (χ0v) is 15.3. The fourth-order valence-electron chi connectivity index (χ4n) is 3.48. The summed E-state index contributed by atoms with van der Waals surface area (Å²) in [5.41, 5.74) is 2.28. The van der Waals surface area contributed by atoms with Gasteiger partial charge in [-0.3, -0.25) is 4.79 Å². The van der Waals surface area contributed by atoms with Crippen LogP contribution in [0.25, 0.3) is 22.2 Å². The molecule has 0 atom stereocenters. The van der Waals surface area contributed by atoms with E-state index < -0.39 is 0 Å². The topological polar surface area (TPSA) is 73.0 Å². The first-order valence-corrected chi connectivity index (χ1v) is 9.54. The number of hydrogen-bond acceptors (Lipinski definition) is 4. The Kier molecular flexibility index (Phi) is 4.16. The van der Waals surface area contributed by atoms with E-state index in [-0.39, 0.29) is 5.91 Å². The molecule has 2 heterocycles. The summed E-state index contributed by atoms with van der Waals surface area (Å²) in [6.45, 7) is 1.28. The van der Waals surface area contributed by atoms with Gasteiger partial charge < -0.3 is 14.4 Å². The van der Waals surface area contributed by atoms with Crippen molar-refractivity contribution < 1.29 is 9.32 Å². The van der Waals surface area contributed by atoms with Crippen molar-refractivity contribution in [3.63, 3.8) is 0 Å². The van der Waals surface area contributed by atoms with Crippen LogP contribution >= 0.6 is 0 Å². The lowest BCUT2D eigenvalue weighted by molar-refractivity contribution is 0.0952. The molecule has 140 valence electrons. The number of imidazole rings is 1. The standard InChI is InChI=1S/C22H20N4O2/c27-22(24-11-13-26-12-10-23-21(26)16-6-7-16)17-8-9-19-18(14-17)20(28-25-19)15-4-2-1-3-5-15/h1-5,8-10,12,14,16H,6-7,11,13H2,(H,24,27). The fourth-order valence-corrected chi connectivity index (χ4v) is 3.48. The van der Waals surface area contributed by atoms with Crippen molar-refractivity contribution in [1.82, 2.24) is 20.0 Å². The van der Waals surface area contributed by atoms with E-state index in [0.29, 0.717) is 23.8 Å². The minimum atomic E-state index is -0.102. The largest absolute Gasteiger partial charge is 0.355 e. The average Bonchev–Trinajstić information content (AvgIpc) is 3.32. The van der Waals surface area contributed by atoms with Gasteiger partial charge in [0.1, 0.15) is 11.3 Å². The number of fused-ring (bicyclic) bond motifs is 1. The molecule has 6 heteroatoms. The van der Waals surface area contributed by atoms with E-state index in [2.05, 4.69) is 20.0 Å². The smallest absolute Gasteiger partial charge is 0.251 e. The molecule has 0 unspecified atom stereocenters. The maximum Gasteiger partial charge on any atom is 0.251 e. The molecule has 5 rings (SSSR count). The number of carbonyl (C=O) groups excluding carboxylic acids is 1. The van der Waals surface area contributed by atoms with E-state index in [1.54, 1.807) is 6.07 Å².